The Bertz CT molecular complexity index is 1140. The summed E-state index contributed by atoms with van der Waals surface area (Å²) in [4.78, 5) is 33.3. The number of halogens is 2. The first-order chi connectivity index (χ1) is 14.6. The Hall–Kier alpha value is -3.58. The summed E-state index contributed by atoms with van der Waals surface area (Å²) in [6, 6.07) is 19.4. The number of para-hydroxylation sites is 1. The first kappa shape index (κ1) is 18.4. The van der Waals surface area contributed by atoms with E-state index < -0.39 is 41.5 Å². The van der Waals surface area contributed by atoms with Gasteiger partial charge in [-0.05, 0) is 36.4 Å². The van der Waals surface area contributed by atoms with Gasteiger partial charge >= 0.3 is 0 Å². The standard InChI is InChI=1S/C23H16F2N2O3/c24-14-7-6-10-16(13-14)26-22(28)19-20(17-11-4-5-12-18(17)25)27(30-21(19)23(26)29)15-8-2-1-3-9-15/h1-13,19-21H/t19-,20-,21-/m1/s1. The molecule has 0 saturated carbocycles. The van der Waals surface area contributed by atoms with Gasteiger partial charge in [-0.15, -0.1) is 0 Å². The van der Waals surface area contributed by atoms with E-state index in [-0.39, 0.29) is 11.3 Å². The van der Waals surface area contributed by atoms with Gasteiger partial charge in [-0.3, -0.25) is 14.4 Å². The molecule has 3 atom stereocenters. The molecule has 0 aromatic heterocycles. The van der Waals surface area contributed by atoms with Crippen LogP contribution >= 0.6 is 0 Å². The summed E-state index contributed by atoms with van der Waals surface area (Å²) >= 11 is 0. The van der Waals surface area contributed by atoms with Crippen LogP contribution in [0.1, 0.15) is 11.6 Å². The number of nitrogens with zero attached hydrogens (tertiary/aromatic N) is 2. The van der Waals surface area contributed by atoms with E-state index >= 15 is 0 Å². The van der Waals surface area contributed by atoms with Crippen molar-refractivity contribution in [2.45, 2.75) is 12.1 Å². The Morgan fingerprint density at radius 3 is 2.20 bits per heavy atom. The fourth-order valence-corrected chi connectivity index (χ4v) is 4.11. The number of amides is 2. The molecule has 3 aromatic rings. The van der Waals surface area contributed by atoms with E-state index in [0.29, 0.717) is 5.69 Å². The predicted molar refractivity (Wildman–Crippen MR) is 105 cm³/mol. The Labute approximate surface area is 171 Å². The zero-order valence-corrected chi connectivity index (χ0v) is 15.6. The van der Waals surface area contributed by atoms with Crippen LogP contribution in [0.5, 0.6) is 0 Å². The Morgan fingerprint density at radius 1 is 0.767 bits per heavy atom. The minimum Gasteiger partial charge on any atom is -0.273 e. The zero-order valence-electron chi connectivity index (χ0n) is 15.6. The van der Waals surface area contributed by atoms with Crippen LogP contribution < -0.4 is 9.96 Å². The maximum absolute atomic E-state index is 14.7. The fourth-order valence-electron chi connectivity index (χ4n) is 4.11. The lowest BCUT2D eigenvalue weighted by atomic mass is 9.90. The molecular weight excluding hydrogens is 390 g/mol. The number of rotatable bonds is 3. The molecule has 3 aromatic carbocycles. The van der Waals surface area contributed by atoms with Crippen LogP contribution in [0.4, 0.5) is 20.2 Å². The lowest BCUT2D eigenvalue weighted by Crippen LogP contribution is -2.37. The Kier molecular flexibility index (Phi) is 4.33. The lowest BCUT2D eigenvalue weighted by molar-refractivity contribution is -0.126. The number of hydrogen-bond acceptors (Lipinski definition) is 4. The first-order valence-electron chi connectivity index (χ1n) is 9.45. The molecule has 0 spiro atoms. The second kappa shape index (κ2) is 7.03. The van der Waals surface area contributed by atoms with Crippen molar-refractivity contribution in [1.82, 2.24) is 0 Å². The molecule has 30 heavy (non-hydrogen) atoms. The number of carbonyl (C=O) groups excluding carboxylic acids is 2. The third-order valence-electron chi connectivity index (χ3n) is 5.42. The highest BCUT2D eigenvalue weighted by Crippen LogP contribution is 2.48. The quantitative estimate of drug-likeness (QED) is 0.617. The molecule has 150 valence electrons. The van der Waals surface area contributed by atoms with Gasteiger partial charge in [-0.1, -0.05) is 42.5 Å². The maximum atomic E-state index is 14.7. The van der Waals surface area contributed by atoms with Gasteiger partial charge in [0.05, 0.1) is 17.4 Å². The predicted octanol–water partition coefficient (Wildman–Crippen LogP) is 4.02. The normalized spacial score (nSPS) is 23.2. The Morgan fingerprint density at radius 2 is 1.47 bits per heavy atom. The van der Waals surface area contributed by atoms with Crippen LogP contribution in [0, 0.1) is 17.6 Å². The van der Waals surface area contributed by atoms with Crippen LogP contribution in [0.2, 0.25) is 0 Å². The van der Waals surface area contributed by atoms with Gasteiger partial charge in [0.1, 0.15) is 17.6 Å². The monoisotopic (exact) mass is 406 g/mol. The lowest BCUT2D eigenvalue weighted by Gasteiger charge is -2.29. The van der Waals surface area contributed by atoms with Gasteiger partial charge in [-0.25, -0.2) is 18.7 Å². The zero-order chi connectivity index (χ0) is 20.8. The molecule has 0 unspecified atom stereocenters. The minimum absolute atomic E-state index is 0.126. The Balaban J connectivity index is 1.61. The van der Waals surface area contributed by atoms with Crippen molar-refractivity contribution in [2.75, 3.05) is 9.96 Å². The van der Waals surface area contributed by atoms with Crippen molar-refractivity contribution < 1.29 is 23.2 Å². The molecule has 2 saturated heterocycles. The summed E-state index contributed by atoms with van der Waals surface area (Å²) in [5.41, 5.74) is 0.968. The molecule has 0 aliphatic carbocycles. The number of hydrogen-bond donors (Lipinski definition) is 0. The first-order valence-corrected chi connectivity index (χ1v) is 9.45. The van der Waals surface area contributed by atoms with Crippen LogP contribution in [-0.2, 0) is 14.4 Å². The summed E-state index contributed by atoms with van der Waals surface area (Å²) in [6.45, 7) is 0. The SMILES string of the molecule is O=C1[C@@H]2[C@@H](c3ccccc3F)N(c3ccccc3)O[C@H]2C(=O)N1c1cccc(F)c1. The highest BCUT2D eigenvalue weighted by molar-refractivity contribution is 6.23. The molecule has 2 amide bonds. The summed E-state index contributed by atoms with van der Waals surface area (Å²) in [6.07, 6.45) is -1.13. The molecule has 0 radical (unpaired) electrons. The van der Waals surface area contributed by atoms with E-state index in [1.807, 2.05) is 6.07 Å². The van der Waals surface area contributed by atoms with Crippen molar-refractivity contribution in [2.24, 2.45) is 5.92 Å². The number of anilines is 2. The summed E-state index contributed by atoms with van der Waals surface area (Å²) in [5.74, 6) is -3.20. The van der Waals surface area contributed by atoms with Crippen molar-refractivity contribution in [3.63, 3.8) is 0 Å². The molecule has 2 fully saturated rings. The average Bonchev–Trinajstić information content (AvgIpc) is 3.25. The molecule has 2 aliphatic heterocycles. The van der Waals surface area contributed by atoms with Crippen LogP contribution in [0.25, 0.3) is 0 Å². The van der Waals surface area contributed by atoms with E-state index in [1.54, 1.807) is 42.5 Å². The van der Waals surface area contributed by atoms with Gasteiger partial charge in [0, 0.05) is 5.56 Å². The van der Waals surface area contributed by atoms with Crippen molar-refractivity contribution in [3.05, 3.63) is 96.1 Å². The number of imide groups is 1. The number of hydroxylamine groups is 1. The molecule has 5 rings (SSSR count). The van der Waals surface area contributed by atoms with Gasteiger partial charge in [0.2, 0.25) is 5.91 Å². The van der Waals surface area contributed by atoms with Crippen LogP contribution in [-0.4, -0.2) is 17.9 Å². The van der Waals surface area contributed by atoms with Gasteiger partial charge in [0.25, 0.3) is 5.91 Å². The van der Waals surface area contributed by atoms with Crippen molar-refractivity contribution >= 4 is 23.2 Å². The van der Waals surface area contributed by atoms with E-state index in [2.05, 4.69) is 0 Å². The fraction of sp³-hybridized carbons (Fsp3) is 0.130. The summed E-state index contributed by atoms with van der Waals surface area (Å²) in [5, 5.41) is 1.42. The molecule has 0 bridgehead atoms. The smallest absolute Gasteiger partial charge is 0.266 e. The van der Waals surface area contributed by atoms with E-state index in [1.165, 1.54) is 29.3 Å². The van der Waals surface area contributed by atoms with E-state index in [4.69, 9.17) is 4.84 Å². The molecule has 7 heteroatoms. The maximum Gasteiger partial charge on any atom is 0.266 e. The van der Waals surface area contributed by atoms with Crippen LogP contribution in [0.3, 0.4) is 0 Å². The molecule has 5 nitrogen and oxygen atoms in total. The number of carbonyl (C=O) groups is 2. The largest absolute Gasteiger partial charge is 0.273 e. The number of benzene rings is 3. The molecular formula is C23H16F2N2O3. The summed E-state index contributed by atoms with van der Waals surface area (Å²) < 4.78 is 28.4. The molecule has 2 heterocycles. The second-order valence-corrected chi connectivity index (χ2v) is 7.17. The third-order valence-corrected chi connectivity index (χ3v) is 5.42. The summed E-state index contributed by atoms with van der Waals surface area (Å²) in [7, 11) is 0. The second-order valence-electron chi connectivity index (χ2n) is 7.17. The number of fused-ring (bicyclic) bond motifs is 1. The van der Waals surface area contributed by atoms with E-state index in [9.17, 15) is 18.4 Å². The highest BCUT2D eigenvalue weighted by atomic mass is 19.1. The third kappa shape index (κ3) is 2.78. The topological polar surface area (TPSA) is 49.9 Å². The van der Waals surface area contributed by atoms with Crippen molar-refractivity contribution in [1.29, 1.82) is 0 Å². The van der Waals surface area contributed by atoms with Crippen LogP contribution in [0.15, 0.2) is 78.9 Å². The van der Waals surface area contributed by atoms with E-state index in [0.717, 1.165) is 11.0 Å². The highest BCUT2D eigenvalue weighted by Gasteiger charge is 2.60. The molecule has 0 N–H and O–H groups in total. The molecule has 2 aliphatic rings. The van der Waals surface area contributed by atoms with Gasteiger partial charge < -0.3 is 0 Å². The minimum atomic E-state index is -1.13. The van der Waals surface area contributed by atoms with Gasteiger partial charge in [0.15, 0.2) is 6.10 Å². The van der Waals surface area contributed by atoms with Crippen molar-refractivity contribution in [3.8, 4) is 0 Å². The average molecular weight is 406 g/mol. The van der Waals surface area contributed by atoms with Gasteiger partial charge in [-0.2, -0.15) is 0 Å².